The first-order valence-electron chi connectivity index (χ1n) is 6.44. The lowest BCUT2D eigenvalue weighted by Gasteiger charge is -2.28. The summed E-state index contributed by atoms with van der Waals surface area (Å²) < 4.78 is 5.13. The molecule has 1 saturated carbocycles. The molecule has 1 aliphatic carbocycles. The van der Waals surface area contributed by atoms with Crippen LogP contribution in [0.25, 0.3) is 0 Å². The van der Waals surface area contributed by atoms with Crippen LogP contribution >= 0.6 is 12.2 Å². The second-order valence-corrected chi connectivity index (χ2v) is 5.32. The fourth-order valence-electron chi connectivity index (χ4n) is 2.70. The van der Waals surface area contributed by atoms with Crippen LogP contribution < -0.4 is 0 Å². The maximum atomic E-state index is 10.6. The van der Waals surface area contributed by atoms with Gasteiger partial charge >= 0.3 is 0 Å². The zero-order valence-corrected chi connectivity index (χ0v) is 11.7. The number of nitro benzene ring substituents is 1. The van der Waals surface area contributed by atoms with E-state index < -0.39 is 0 Å². The predicted molar refractivity (Wildman–Crippen MR) is 77.4 cm³/mol. The number of non-ortho nitro benzene ring substituents is 1. The average molecular weight is 279 g/mol. The van der Waals surface area contributed by atoms with Crippen molar-refractivity contribution in [3.63, 3.8) is 0 Å². The minimum atomic E-state index is -0.363. The zero-order valence-electron chi connectivity index (χ0n) is 10.9. The van der Waals surface area contributed by atoms with Gasteiger partial charge in [0.15, 0.2) is 5.05 Å². The van der Waals surface area contributed by atoms with Gasteiger partial charge in [-0.05, 0) is 49.4 Å². The molecule has 0 heterocycles. The smallest absolute Gasteiger partial charge is 0.269 e. The highest BCUT2D eigenvalue weighted by molar-refractivity contribution is 7.80. The van der Waals surface area contributed by atoms with Crippen molar-refractivity contribution in [1.29, 1.82) is 0 Å². The molecule has 1 aromatic carbocycles. The first-order chi connectivity index (χ1) is 9.11. The van der Waals surface area contributed by atoms with Crippen molar-refractivity contribution >= 4 is 23.0 Å². The third kappa shape index (κ3) is 3.29. The molecule has 0 amide bonds. The van der Waals surface area contributed by atoms with E-state index in [9.17, 15) is 10.1 Å². The molecule has 1 aromatic rings. The summed E-state index contributed by atoms with van der Waals surface area (Å²) in [6.07, 6.45) is 4.20. The number of nitrogens with zero attached hydrogens (tertiary/aromatic N) is 1. The molecule has 0 bridgehead atoms. The van der Waals surface area contributed by atoms with E-state index in [2.05, 4.69) is 0 Å². The van der Waals surface area contributed by atoms with Gasteiger partial charge in [0, 0.05) is 18.1 Å². The van der Waals surface area contributed by atoms with E-state index in [4.69, 9.17) is 17.0 Å². The largest absolute Gasteiger partial charge is 0.490 e. The summed E-state index contributed by atoms with van der Waals surface area (Å²) in [5, 5.41) is 11.3. The van der Waals surface area contributed by atoms with E-state index in [-0.39, 0.29) is 10.6 Å². The number of ether oxygens (including phenoxy) is 1. The van der Waals surface area contributed by atoms with Crippen molar-refractivity contribution in [2.24, 2.45) is 5.92 Å². The van der Waals surface area contributed by atoms with Crippen LogP contribution in [0.15, 0.2) is 24.3 Å². The fraction of sp³-hybridized carbons (Fsp3) is 0.500. The van der Waals surface area contributed by atoms with E-state index in [1.54, 1.807) is 19.2 Å². The number of hydrogen-bond donors (Lipinski definition) is 0. The van der Waals surface area contributed by atoms with E-state index in [0.717, 1.165) is 25.7 Å². The Labute approximate surface area is 117 Å². The minimum Gasteiger partial charge on any atom is -0.490 e. The van der Waals surface area contributed by atoms with Crippen molar-refractivity contribution < 1.29 is 9.66 Å². The molecule has 0 N–H and O–H groups in total. The molecule has 1 fully saturated rings. The van der Waals surface area contributed by atoms with Crippen molar-refractivity contribution in [1.82, 2.24) is 0 Å². The van der Waals surface area contributed by atoms with Crippen molar-refractivity contribution in [2.45, 2.75) is 31.6 Å². The van der Waals surface area contributed by atoms with E-state index in [0.29, 0.717) is 16.9 Å². The first kappa shape index (κ1) is 13.9. The molecule has 0 saturated heterocycles. The standard InChI is InChI=1S/C14H17NO3S/c1-18-14(19)12-4-2-10(3-5-12)11-6-8-13(9-7-11)15(16)17/h6-10,12H,2-5H2,1H3. The Hall–Kier alpha value is -1.49. The summed E-state index contributed by atoms with van der Waals surface area (Å²) in [5.41, 5.74) is 1.34. The normalized spacial score (nSPS) is 22.8. The number of benzene rings is 1. The van der Waals surface area contributed by atoms with Gasteiger partial charge in [-0.1, -0.05) is 12.1 Å². The monoisotopic (exact) mass is 279 g/mol. The molecule has 0 aromatic heterocycles. The van der Waals surface area contributed by atoms with Crippen LogP contribution in [-0.2, 0) is 4.74 Å². The van der Waals surface area contributed by atoms with Crippen LogP contribution in [0.3, 0.4) is 0 Å². The number of nitro groups is 1. The van der Waals surface area contributed by atoms with Crippen LogP contribution in [0, 0.1) is 16.0 Å². The molecule has 19 heavy (non-hydrogen) atoms. The summed E-state index contributed by atoms with van der Waals surface area (Å²) in [7, 11) is 1.63. The molecule has 4 nitrogen and oxygen atoms in total. The van der Waals surface area contributed by atoms with Crippen LogP contribution in [0.4, 0.5) is 5.69 Å². The first-order valence-corrected chi connectivity index (χ1v) is 6.85. The Kier molecular flexibility index (Phi) is 4.47. The van der Waals surface area contributed by atoms with E-state index in [1.165, 1.54) is 5.56 Å². The molecule has 0 spiro atoms. The highest BCUT2D eigenvalue weighted by atomic mass is 32.1. The Bertz CT molecular complexity index is 464. The van der Waals surface area contributed by atoms with Gasteiger partial charge in [0.2, 0.25) is 0 Å². The lowest BCUT2D eigenvalue weighted by Crippen LogP contribution is -2.20. The van der Waals surface area contributed by atoms with Gasteiger partial charge < -0.3 is 4.74 Å². The van der Waals surface area contributed by atoms with Gasteiger partial charge in [-0.15, -0.1) is 0 Å². The molecule has 0 unspecified atom stereocenters. The fourth-order valence-corrected chi connectivity index (χ4v) is 2.93. The molecule has 0 aliphatic heterocycles. The average Bonchev–Trinajstić information content (AvgIpc) is 2.46. The maximum absolute atomic E-state index is 10.6. The molecular weight excluding hydrogens is 262 g/mol. The molecular formula is C14H17NO3S. The molecule has 102 valence electrons. The second kappa shape index (κ2) is 6.10. The number of thiocarbonyl (C=S) groups is 1. The highest BCUT2D eigenvalue weighted by Gasteiger charge is 2.25. The van der Waals surface area contributed by atoms with Gasteiger partial charge in [-0.25, -0.2) is 0 Å². The van der Waals surface area contributed by atoms with Crippen molar-refractivity contribution in [2.75, 3.05) is 7.11 Å². The quantitative estimate of drug-likeness (QED) is 0.479. The number of methoxy groups -OCH3 is 1. The second-order valence-electron chi connectivity index (χ2n) is 4.92. The Morgan fingerprint density at radius 1 is 1.26 bits per heavy atom. The predicted octanol–water partition coefficient (Wildman–Crippen LogP) is 3.84. The van der Waals surface area contributed by atoms with Crippen LogP contribution in [0.1, 0.15) is 37.2 Å². The third-order valence-electron chi connectivity index (χ3n) is 3.84. The molecule has 5 heteroatoms. The minimum absolute atomic E-state index is 0.151. The molecule has 0 radical (unpaired) electrons. The van der Waals surface area contributed by atoms with Gasteiger partial charge in [0.1, 0.15) is 0 Å². The summed E-state index contributed by atoms with van der Waals surface area (Å²) in [6.45, 7) is 0. The van der Waals surface area contributed by atoms with Crippen LogP contribution in [0.5, 0.6) is 0 Å². The highest BCUT2D eigenvalue weighted by Crippen LogP contribution is 2.36. The summed E-state index contributed by atoms with van der Waals surface area (Å²) in [5.74, 6) is 0.867. The third-order valence-corrected chi connectivity index (χ3v) is 4.34. The maximum Gasteiger partial charge on any atom is 0.269 e. The lowest BCUT2D eigenvalue weighted by molar-refractivity contribution is -0.384. The summed E-state index contributed by atoms with van der Waals surface area (Å²) >= 11 is 5.18. The van der Waals surface area contributed by atoms with Gasteiger partial charge in [-0.2, -0.15) is 0 Å². The molecule has 1 aliphatic rings. The van der Waals surface area contributed by atoms with E-state index >= 15 is 0 Å². The topological polar surface area (TPSA) is 52.4 Å². The lowest BCUT2D eigenvalue weighted by atomic mass is 9.79. The Morgan fingerprint density at radius 2 is 1.84 bits per heavy atom. The molecule has 2 rings (SSSR count). The summed E-state index contributed by atoms with van der Waals surface area (Å²) in [4.78, 5) is 10.3. The van der Waals surface area contributed by atoms with Gasteiger partial charge in [-0.3, -0.25) is 10.1 Å². The summed E-state index contributed by atoms with van der Waals surface area (Å²) in [6, 6.07) is 6.91. The van der Waals surface area contributed by atoms with Gasteiger partial charge in [0.05, 0.1) is 12.0 Å². The van der Waals surface area contributed by atoms with Crippen LogP contribution in [0.2, 0.25) is 0 Å². The number of hydrogen-bond acceptors (Lipinski definition) is 4. The van der Waals surface area contributed by atoms with Crippen molar-refractivity contribution in [3.8, 4) is 0 Å². The molecule has 0 atom stereocenters. The Morgan fingerprint density at radius 3 is 2.32 bits per heavy atom. The van der Waals surface area contributed by atoms with E-state index in [1.807, 2.05) is 12.1 Å². The number of rotatable bonds is 3. The Balaban J connectivity index is 1.97. The van der Waals surface area contributed by atoms with Gasteiger partial charge in [0.25, 0.3) is 5.69 Å². The van der Waals surface area contributed by atoms with Crippen LogP contribution in [-0.4, -0.2) is 17.1 Å². The van der Waals surface area contributed by atoms with Crippen molar-refractivity contribution in [3.05, 3.63) is 39.9 Å². The zero-order chi connectivity index (χ0) is 13.8. The SMILES string of the molecule is COC(=S)C1CCC(c2ccc([N+](=O)[O-])cc2)CC1.